The van der Waals surface area contributed by atoms with Crippen molar-refractivity contribution in [2.24, 2.45) is 5.92 Å². The van der Waals surface area contributed by atoms with Gasteiger partial charge in [0.05, 0.1) is 11.0 Å². The molecule has 1 aromatic carbocycles. The highest BCUT2D eigenvalue weighted by molar-refractivity contribution is 5.97. The van der Waals surface area contributed by atoms with E-state index < -0.39 is 0 Å². The van der Waals surface area contributed by atoms with Gasteiger partial charge in [-0.2, -0.15) is 0 Å². The van der Waals surface area contributed by atoms with Crippen LogP contribution in [0.3, 0.4) is 0 Å². The molecular formula is C24H34N4O2. The summed E-state index contributed by atoms with van der Waals surface area (Å²) in [6.45, 7) is 2.38. The number of fused-ring (bicyclic) bond motifs is 1. The molecule has 6 nitrogen and oxygen atoms in total. The number of aromatic nitrogens is 2. The fourth-order valence-corrected chi connectivity index (χ4v) is 5.39. The van der Waals surface area contributed by atoms with Crippen LogP contribution in [0, 0.1) is 5.92 Å². The zero-order valence-corrected chi connectivity index (χ0v) is 18.1. The van der Waals surface area contributed by atoms with E-state index in [1.807, 2.05) is 39.3 Å². The molecule has 0 atom stereocenters. The number of hydrogen-bond donors (Lipinski definition) is 1. The number of imidazole rings is 1. The Balaban J connectivity index is 1.49. The van der Waals surface area contributed by atoms with Crippen LogP contribution in [0.2, 0.25) is 0 Å². The van der Waals surface area contributed by atoms with E-state index in [0.717, 1.165) is 61.9 Å². The summed E-state index contributed by atoms with van der Waals surface area (Å²) in [5.41, 5.74) is 2.81. The van der Waals surface area contributed by atoms with Gasteiger partial charge in [-0.25, -0.2) is 4.79 Å². The van der Waals surface area contributed by atoms with E-state index >= 15 is 0 Å². The molecule has 1 aliphatic heterocycles. The van der Waals surface area contributed by atoms with E-state index in [2.05, 4.69) is 5.32 Å². The fourth-order valence-electron chi connectivity index (χ4n) is 5.39. The number of rotatable bonds is 5. The van der Waals surface area contributed by atoms with Gasteiger partial charge in [0.2, 0.25) is 0 Å². The van der Waals surface area contributed by atoms with Crippen LogP contribution in [0.5, 0.6) is 0 Å². The molecule has 3 fully saturated rings. The van der Waals surface area contributed by atoms with Gasteiger partial charge in [0.15, 0.2) is 0 Å². The summed E-state index contributed by atoms with van der Waals surface area (Å²) >= 11 is 0. The van der Waals surface area contributed by atoms with Crippen LogP contribution in [-0.4, -0.2) is 46.1 Å². The van der Waals surface area contributed by atoms with E-state index in [4.69, 9.17) is 0 Å². The third kappa shape index (κ3) is 3.70. The first-order valence-corrected chi connectivity index (χ1v) is 11.9. The van der Waals surface area contributed by atoms with E-state index in [1.165, 1.54) is 32.1 Å². The van der Waals surface area contributed by atoms with Gasteiger partial charge in [-0.1, -0.05) is 19.3 Å². The lowest BCUT2D eigenvalue weighted by molar-refractivity contribution is 0.0707. The lowest BCUT2D eigenvalue weighted by atomic mass is 9.95. The fraction of sp³-hybridized carbons (Fsp3) is 0.667. The van der Waals surface area contributed by atoms with Crippen molar-refractivity contribution in [3.05, 3.63) is 34.2 Å². The molecular weight excluding hydrogens is 376 g/mol. The number of carbonyl (C=O) groups is 1. The molecule has 0 radical (unpaired) electrons. The first-order valence-electron chi connectivity index (χ1n) is 11.9. The van der Waals surface area contributed by atoms with Crippen LogP contribution < -0.4 is 11.0 Å². The Morgan fingerprint density at radius 1 is 1.00 bits per heavy atom. The summed E-state index contributed by atoms with van der Waals surface area (Å²) in [7, 11) is 1.99. The van der Waals surface area contributed by atoms with Crippen molar-refractivity contribution in [1.82, 2.24) is 19.4 Å². The van der Waals surface area contributed by atoms with Crippen LogP contribution in [0.4, 0.5) is 0 Å². The topological polar surface area (TPSA) is 59.3 Å². The number of nitrogens with one attached hydrogen (secondary N) is 1. The Labute approximate surface area is 178 Å². The van der Waals surface area contributed by atoms with Crippen molar-refractivity contribution >= 4 is 16.9 Å². The third-order valence-electron chi connectivity index (χ3n) is 7.48. The SMILES string of the molecule is CNC1CCN(C(=O)c2ccc3c(c2)n(CC2CC2)c(=O)n3C2CCCCC2)CC1. The van der Waals surface area contributed by atoms with Crippen molar-refractivity contribution in [3.8, 4) is 0 Å². The van der Waals surface area contributed by atoms with Gasteiger partial charge in [-0.15, -0.1) is 0 Å². The second kappa shape index (κ2) is 8.22. The molecule has 1 aromatic heterocycles. The van der Waals surface area contributed by atoms with Gasteiger partial charge in [-0.3, -0.25) is 13.9 Å². The average Bonchev–Trinajstić information content (AvgIpc) is 3.58. The molecule has 30 heavy (non-hydrogen) atoms. The Kier molecular flexibility index (Phi) is 5.44. The predicted molar refractivity (Wildman–Crippen MR) is 119 cm³/mol. The number of hydrogen-bond acceptors (Lipinski definition) is 3. The second-order valence-electron chi connectivity index (χ2n) is 9.56. The minimum Gasteiger partial charge on any atom is -0.339 e. The molecule has 6 heteroatoms. The smallest absolute Gasteiger partial charge is 0.329 e. The van der Waals surface area contributed by atoms with E-state index in [0.29, 0.717) is 18.0 Å². The third-order valence-corrected chi connectivity index (χ3v) is 7.48. The van der Waals surface area contributed by atoms with Crippen molar-refractivity contribution < 1.29 is 4.79 Å². The monoisotopic (exact) mass is 410 g/mol. The van der Waals surface area contributed by atoms with Crippen LogP contribution in [-0.2, 0) is 6.54 Å². The lowest BCUT2D eigenvalue weighted by Gasteiger charge is -2.31. The number of likely N-dealkylation sites (tertiary alicyclic amines) is 1. The molecule has 5 rings (SSSR count). The van der Waals surface area contributed by atoms with Gasteiger partial charge in [0, 0.05) is 37.3 Å². The molecule has 2 aromatic rings. The van der Waals surface area contributed by atoms with Crippen molar-refractivity contribution in [2.45, 2.75) is 76.4 Å². The minimum absolute atomic E-state index is 0.0993. The summed E-state index contributed by atoms with van der Waals surface area (Å²) in [5, 5.41) is 3.32. The quantitative estimate of drug-likeness (QED) is 0.820. The normalized spacial score (nSPS) is 21.4. The van der Waals surface area contributed by atoms with Crippen LogP contribution in [0.25, 0.3) is 11.0 Å². The van der Waals surface area contributed by atoms with Gasteiger partial charge in [-0.05, 0) is 69.7 Å². The highest BCUT2D eigenvalue weighted by Gasteiger charge is 2.28. The summed E-state index contributed by atoms with van der Waals surface area (Å²) in [5.74, 6) is 0.718. The highest BCUT2D eigenvalue weighted by atomic mass is 16.2. The zero-order chi connectivity index (χ0) is 20.7. The van der Waals surface area contributed by atoms with Gasteiger partial charge < -0.3 is 10.2 Å². The first-order chi connectivity index (χ1) is 14.7. The van der Waals surface area contributed by atoms with Gasteiger partial charge in [0.25, 0.3) is 5.91 Å². The van der Waals surface area contributed by atoms with Crippen molar-refractivity contribution in [3.63, 3.8) is 0 Å². The average molecular weight is 411 g/mol. The lowest BCUT2D eigenvalue weighted by Crippen LogP contribution is -2.43. The molecule has 0 bridgehead atoms. The summed E-state index contributed by atoms with van der Waals surface area (Å²) in [6, 6.07) is 6.77. The number of amides is 1. The first kappa shape index (κ1) is 19.9. The van der Waals surface area contributed by atoms with Crippen molar-refractivity contribution in [1.29, 1.82) is 0 Å². The molecule has 2 aliphatic carbocycles. The maximum atomic E-state index is 13.4. The predicted octanol–water partition coefficient (Wildman–Crippen LogP) is 3.54. The largest absolute Gasteiger partial charge is 0.339 e. The Morgan fingerprint density at radius 3 is 2.40 bits per heavy atom. The van der Waals surface area contributed by atoms with Gasteiger partial charge in [0.1, 0.15) is 0 Å². The van der Waals surface area contributed by atoms with Gasteiger partial charge >= 0.3 is 5.69 Å². The number of nitrogens with zero attached hydrogens (tertiary/aromatic N) is 3. The highest BCUT2D eigenvalue weighted by Crippen LogP contribution is 2.34. The Bertz CT molecular complexity index is 973. The van der Waals surface area contributed by atoms with Crippen molar-refractivity contribution in [2.75, 3.05) is 20.1 Å². The molecule has 0 unspecified atom stereocenters. The maximum Gasteiger partial charge on any atom is 0.329 e. The maximum absolute atomic E-state index is 13.4. The van der Waals surface area contributed by atoms with E-state index in [9.17, 15) is 9.59 Å². The summed E-state index contributed by atoms with van der Waals surface area (Å²) in [6.07, 6.45) is 10.3. The molecule has 1 amide bonds. The van der Waals surface area contributed by atoms with Crippen LogP contribution in [0.15, 0.2) is 23.0 Å². The molecule has 1 N–H and O–H groups in total. The number of piperidine rings is 1. The Morgan fingerprint density at radius 2 is 1.73 bits per heavy atom. The number of carbonyl (C=O) groups excluding carboxylic acids is 1. The molecule has 3 aliphatic rings. The van der Waals surface area contributed by atoms with Crippen LogP contribution in [0.1, 0.15) is 74.2 Å². The Hall–Kier alpha value is -2.08. The molecule has 0 spiro atoms. The summed E-state index contributed by atoms with van der Waals surface area (Å²) < 4.78 is 4.01. The van der Waals surface area contributed by atoms with E-state index in [-0.39, 0.29) is 11.6 Å². The molecule has 2 heterocycles. The summed E-state index contributed by atoms with van der Waals surface area (Å²) in [4.78, 5) is 28.6. The second-order valence-corrected chi connectivity index (χ2v) is 9.56. The minimum atomic E-state index is 0.0993. The number of benzene rings is 1. The van der Waals surface area contributed by atoms with Crippen LogP contribution >= 0.6 is 0 Å². The van der Waals surface area contributed by atoms with E-state index in [1.54, 1.807) is 0 Å². The molecule has 1 saturated heterocycles. The molecule has 162 valence electrons. The molecule has 2 saturated carbocycles. The standard InChI is InChI=1S/C24H34N4O2/c1-25-19-11-13-26(14-12-19)23(29)18-9-10-21-22(15-18)27(16-17-7-8-17)24(30)28(21)20-5-3-2-4-6-20/h9-10,15,17,19-20,25H,2-8,11-14,16H2,1H3. The zero-order valence-electron chi connectivity index (χ0n) is 18.1.